The van der Waals surface area contributed by atoms with Crippen LogP contribution in [0.25, 0.3) is 11.2 Å². The fourth-order valence-corrected chi connectivity index (χ4v) is 1.88. The van der Waals surface area contributed by atoms with E-state index in [1.54, 1.807) is 0 Å². The third-order valence-electron chi connectivity index (χ3n) is 2.63. The molecule has 3 rings (SSSR count). The monoisotopic (exact) mass is 289 g/mol. The van der Waals surface area contributed by atoms with E-state index in [1.165, 1.54) is 0 Å². The fraction of sp³-hybridized carbons (Fsp3) is 0.444. The Morgan fingerprint density at radius 1 is 1.37 bits per heavy atom. The van der Waals surface area contributed by atoms with Crippen LogP contribution in [-0.2, 0) is 13.1 Å². The maximum Gasteiger partial charge on any atom is 0.253 e. The van der Waals surface area contributed by atoms with E-state index in [1.807, 2.05) is 12.7 Å². The average molecular weight is 290 g/mol. The normalized spacial score (nSPS) is 13.7. The molecule has 0 aliphatic carbocycles. The summed E-state index contributed by atoms with van der Waals surface area (Å²) in [6.45, 7) is 4.96. The molecule has 2 aromatic rings. The molecule has 0 saturated carbocycles. The van der Waals surface area contributed by atoms with Gasteiger partial charge in [0, 0.05) is 6.54 Å². The molecule has 2 aromatic heterocycles. The number of hydrogen-bond donors (Lipinski definition) is 1. The minimum Gasteiger partial charge on any atom is -0.301 e. The maximum absolute atomic E-state index is 8.49. The molecule has 104 valence electrons. The predicted molar refractivity (Wildman–Crippen MR) is 51.9 cm³/mol. The number of aryl methyl sites for hydroxylation is 1. The topological polar surface area (TPSA) is 139 Å². The molecule has 0 unspecified atom stereocenters. The van der Waals surface area contributed by atoms with Crippen LogP contribution in [-0.4, -0.2) is 21.1 Å². The van der Waals surface area contributed by atoms with E-state index in [2.05, 4.69) is 31.3 Å². The Labute approximate surface area is 110 Å². The van der Waals surface area contributed by atoms with Crippen molar-refractivity contribution in [3.8, 4) is 0 Å². The van der Waals surface area contributed by atoms with Crippen LogP contribution in [0.2, 0.25) is 0 Å². The predicted octanol–water partition coefficient (Wildman–Crippen LogP) is -4.59. The molecule has 0 saturated heterocycles. The summed E-state index contributed by atoms with van der Waals surface area (Å²) in [4.78, 5) is 8.79. The average Bonchev–Trinajstić information content (AvgIpc) is 2.91. The van der Waals surface area contributed by atoms with E-state index in [9.17, 15) is 0 Å². The summed E-state index contributed by atoms with van der Waals surface area (Å²) in [6.07, 6.45) is 3.73. The van der Waals surface area contributed by atoms with Crippen molar-refractivity contribution >= 4 is 17.0 Å². The van der Waals surface area contributed by atoms with E-state index in [0.717, 1.165) is 36.6 Å². The summed E-state index contributed by atoms with van der Waals surface area (Å²) < 4.78 is 38.1. The summed E-state index contributed by atoms with van der Waals surface area (Å²) >= 11 is 0. The van der Waals surface area contributed by atoms with E-state index in [-0.39, 0.29) is 0 Å². The number of halogens is 1. The molecule has 0 atom stereocenters. The number of rotatable bonds is 1. The highest BCUT2D eigenvalue weighted by Gasteiger charge is 2.22. The number of imidazole rings is 1. The van der Waals surface area contributed by atoms with Gasteiger partial charge in [0.15, 0.2) is 5.52 Å². The van der Waals surface area contributed by atoms with Crippen molar-refractivity contribution in [2.75, 3.05) is 11.9 Å². The Balaban J connectivity index is 0.000000232. The number of anilines is 1. The summed E-state index contributed by atoms with van der Waals surface area (Å²) in [6, 6.07) is 0. The number of aromatic nitrogens is 4. The lowest BCUT2D eigenvalue weighted by molar-refractivity contribution is -2.00. The first-order valence-electron chi connectivity index (χ1n) is 5.49. The molecule has 1 aliphatic heterocycles. The second-order valence-electron chi connectivity index (χ2n) is 3.79. The molecule has 10 heteroatoms. The molecule has 0 fully saturated rings. The van der Waals surface area contributed by atoms with E-state index < -0.39 is 10.2 Å². The Bertz CT molecular complexity index is 576. The number of fused-ring (bicyclic) bond motifs is 3. The van der Waals surface area contributed by atoms with Crippen molar-refractivity contribution in [1.82, 2.24) is 14.5 Å². The van der Waals surface area contributed by atoms with Crippen molar-refractivity contribution < 1.29 is 33.4 Å². The number of hydrogen-bond acceptors (Lipinski definition) is 7. The molecular weight excluding hydrogens is 278 g/mol. The highest BCUT2D eigenvalue weighted by atomic mass is 35.7. The quantitative estimate of drug-likeness (QED) is 0.521. The van der Waals surface area contributed by atoms with Gasteiger partial charge in [-0.15, -0.1) is 10.2 Å². The molecule has 0 aromatic carbocycles. The van der Waals surface area contributed by atoms with Gasteiger partial charge in [0.25, 0.3) is 5.82 Å². The van der Waals surface area contributed by atoms with Gasteiger partial charge in [0.1, 0.15) is 6.54 Å². The molecule has 0 radical (unpaired) electrons. The molecule has 0 amide bonds. The third kappa shape index (κ3) is 3.28. The second-order valence-corrected chi connectivity index (χ2v) is 4.55. The molecule has 0 spiro atoms. The lowest BCUT2D eigenvalue weighted by Gasteiger charge is -2.17. The van der Waals surface area contributed by atoms with Crippen molar-refractivity contribution in [2.24, 2.45) is 0 Å². The molecule has 1 aliphatic rings. The van der Waals surface area contributed by atoms with Gasteiger partial charge in [-0.3, -0.25) is 0 Å². The van der Waals surface area contributed by atoms with Gasteiger partial charge >= 0.3 is 0 Å². The first kappa shape index (κ1) is 13.9. The van der Waals surface area contributed by atoms with Crippen LogP contribution in [0.15, 0.2) is 12.7 Å². The van der Waals surface area contributed by atoms with Crippen molar-refractivity contribution in [2.45, 2.75) is 20.0 Å². The lowest BCUT2D eigenvalue weighted by Crippen LogP contribution is -2.68. The molecule has 9 nitrogen and oxygen atoms in total. The van der Waals surface area contributed by atoms with E-state index in [4.69, 9.17) is 18.6 Å². The highest BCUT2D eigenvalue weighted by molar-refractivity contribution is 5.81. The van der Waals surface area contributed by atoms with Gasteiger partial charge in [0.2, 0.25) is 12.0 Å². The Morgan fingerprint density at radius 2 is 2.05 bits per heavy atom. The summed E-state index contributed by atoms with van der Waals surface area (Å²) in [5.41, 5.74) is 1.94. The van der Waals surface area contributed by atoms with E-state index in [0.29, 0.717) is 0 Å². The molecule has 3 heterocycles. The smallest absolute Gasteiger partial charge is 0.253 e. The maximum atomic E-state index is 8.49. The zero-order valence-corrected chi connectivity index (χ0v) is 10.8. The van der Waals surface area contributed by atoms with Gasteiger partial charge in [-0.2, -0.15) is 0 Å². The third-order valence-corrected chi connectivity index (χ3v) is 2.63. The Kier molecular flexibility index (Phi) is 3.83. The van der Waals surface area contributed by atoms with Crippen molar-refractivity contribution in [3.05, 3.63) is 12.7 Å². The van der Waals surface area contributed by atoms with Crippen LogP contribution in [0.5, 0.6) is 0 Å². The van der Waals surface area contributed by atoms with E-state index >= 15 is 0 Å². The highest BCUT2D eigenvalue weighted by Crippen LogP contribution is 2.17. The molecular formula is C9H12ClN5O4. The minimum absolute atomic E-state index is 0.910. The zero-order valence-electron chi connectivity index (χ0n) is 10.1. The van der Waals surface area contributed by atoms with Gasteiger partial charge < -0.3 is 9.88 Å². The van der Waals surface area contributed by atoms with Crippen molar-refractivity contribution in [1.29, 1.82) is 0 Å². The lowest BCUT2D eigenvalue weighted by atomic mass is 10.5. The summed E-state index contributed by atoms with van der Waals surface area (Å²) in [5, 5.41) is 3.33. The van der Waals surface area contributed by atoms with Crippen molar-refractivity contribution in [3.63, 3.8) is 0 Å². The summed E-state index contributed by atoms with van der Waals surface area (Å²) in [5.74, 6) is 1.10. The Hall–Kier alpha value is -1.52. The van der Waals surface area contributed by atoms with Gasteiger partial charge in [0.05, 0.1) is 12.9 Å². The second kappa shape index (κ2) is 5.23. The summed E-state index contributed by atoms with van der Waals surface area (Å²) in [7, 11) is -4.94. The van der Waals surface area contributed by atoms with Crippen LogP contribution >= 0.6 is 0 Å². The number of nitrogens with one attached hydrogen (secondary N) is 1. The first-order valence-corrected chi connectivity index (χ1v) is 6.72. The molecule has 19 heavy (non-hydrogen) atoms. The number of nitrogens with zero attached hydrogens (tertiary/aromatic N) is 4. The van der Waals surface area contributed by atoms with Crippen LogP contribution in [0.1, 0.15) is 6.92 Å². The minimum atomic E-state index is -4.94. The van der Waals surface area contributed by atoms with Crippen LogP contribution < -0.4 is 28.5 Å². The zero-order chi connectivity index (χ0) is 14.0. The van der Waals surface area contributed by atoms with Gasteiger partial charge in [-0.25, -0.2) is 28.2 Å². The van der Waals surface area contributed by atoms with Crippen LogP contribution in [0.3, 0.4) is 0 Å². The molecule has 1 N–H and O–H groups in total. The SMILES string of the molecule is CCn1cnc2c3[n+](cnc21)CCN3.[O-][Cl+3]([O-])([O-])[O-]. The van der Waals surface area contributed by atoms with Crippen LogP contribution in [0.4, 0.5) is 5.82 Å². The first-order chi connectivity index (χ1) is 8.90. The largest absolute Gasteiger partial charge is 0.301 e. The van der Waals surface area contributed by atoms with Gasteiger partial charge in [-0.1, -0.05) is 4.98 Å². The fourth-order valence-electron chi connectivity index (χ4n) is 1.88. The van der Waals surface area contributed by atoms with Crippen LogP contribution in [0, 0.1) is 10.2 Å². The van der Waals surface area contributed by atoms with Gasteiger partial charge in [-0.05, 0) is 6.92 Å². The standard InChI is InChI=1S/C9H11N5.ClHO4/c1-2-13-5-11-7-8-10-3-4-14(8)6-12-9(7)13;2-1(3,4)5/h5-6H,2-4H2,1H3;(H,2,3,4,5). The Morgan fingerprint density at radius 3 is 2.68 bits per heavy atom. The molecule has 0 bridgehead atoms.